The normalized spacial score (nSPS) is 10.1. The van der Waals surface area contributed by atoms with E-state index in [1.54, 1.807) is 12.1 Å². The van der Waals surface area contributed by atoms with E-state index in [1.165, 1.54) is 12.1 Å². The van der Waals surface area contributed by atoms with Crippen molar-refractivity contribution in [2.24, 2.45) is 0 Å². The zero-order chi connectivity index (χ0) is 13.4. The fourth-order valence-corrected chi connectivity index (χ4v) is 1.38. The van der Waals surface area contributed by atoms with Crippen LogP contribution >= 0.6 is 0 Å². The summed E-state index contributed by atoms with van der Waals surface area (Å²) in [6.07, 6.45) is 0.982. The topological polar surface area (TPSA) is 84.3 Å². The van der Waals surface area contributed by atoms with Gasteiger partial charge >= 0.3 is 0 Å². The molecule has 1 rings (SSSR count). The molecular formula is C12H17N3O3. The number of carbonyl (C=O) groups is 1. The van der Waals surface area contributed by atoms with Gasteiger partial charge < -0.3 is 10.6 Å². The minimum atomic E-state index is -0.447. The van der Waals surface area contributed by atoms with Crippen LogP contribution in [-0.4, -0.2) is 23.9 Å². The summed E-state index contributed by atoms with van der Waals surface area (Å²) in [5.74, 6) is -0.0817. The smallest absolute Gasteiger partial charge is 0.269 e. The fourth-order valence-electron chi connectivity index (χ4n) is 1.38. The van der Waals surface area contributed by atoms with Gasteiger partial charge in [-0.2, -0.15) is 0 Å². The number of nitrogens with one attached hydrogen (secondary N) is 2. The summed E-state index contributed by atoms with van der Waals surface area (Å²) < 4.78 is 0. The molecule has 0 aliphatic rings. The Hall–Kier alpha value is -1.95. The third-order valence-electron chi connectivity index (χ3n) is 2.35. The molecule has 0 aliphatic carbocycles. The molecule has 1 aromatic rings. The molecule has 0 fully saturated rings. The molecule has 1 aromatic carbocycles. The van der Waals surface area contributed by atoms with Crippen LogP contribution in [0, 0.1) is 10.1 Å². The highest BCUT2D eigenvalue weighted by atomic mass is 16.6. The first-order valence-electron chi connectivity index (χ1n) is 5.84. The highest BCUT2D eigenvalue weighted by Crippen LogP contribution is 2.11. The predicted molar refractivity (Wildman–Crippen MR) is 68.1 cm³/mol. The number of amides is 1. The summed E-state index contributed by atoms with van der Waals surface area (Å²) in [6.45, 7) is 3.51. The second-order valence-electron chi connectivity index (χ2n) is 3.88. The summed E-state index contributed by atoms with van der Waals surface area (Å²) in [6, 6.07) is 6.13. The molecule has 0 bridgehead atoms. The number of hydrogen-bond donors (Lipinski definition) is 2. The first-order chi connectivity index (χ1) is 8.63. The molecule has 6 heteroatoms. The molecule has 0 aromatic heterocycles. The van der Waals surface area contributed by atoms with Crippen molar-refractivity contribution in [1.29, 1.82) is 0 Å². The highest BCUT2D eigenvalue weighted by Gasteiger charge is 2.04. The van der Waals surface area contributed by atoms with Gasteiger partial charge in [-0.1, -0.05) is 19.1 Å². The van der Waals surface area contributed by atoms with Crippen molar-refractivity contribution in [3.05, 3.63) is 39.9 Å². The molecule has 0 atom stereocenters. The van der Waals surface area contributed by atoms with E-state index >= 15 is 0 Å². The molecule has 0 heterocycles. The van der Waals surface area contributed by atoms with Gasteiger partial charge in [-0.05, 0) is 18.5 Å². The zero-order valence-corrected chi connectivity index (χ0v) is 10.3. The lowest BCUT2D eigenvalue weighted by Crippen LogP contribution is -2.33. The monoisotopic (exact) mass is 251 g/mol. The van der Waals surface area contributed by atoms with Gasteiger partial charge in [0.15, 0.2) is 0 Å². The number of hydrogen-bond acceptors (Lipinski definition) is 4. The number of nitro groups is 1. The van der Waals surface area contributed by atoms with Crippen LogP contribution in [-0.2, 0) is 11.3 Å². The van der Waals surface area contributed by atoms with Crippen LogP contribution in [0.25, 0.3) is 0 Å². The number of nitrogens with zero attached hydrogens (tertiary/aromatic N) is 1. The Morgan fingerprint density at radius 2 is 2.00 bits per heavy atom. The lowest BCUT2D eigenvalue weighted by Gasteiger charge is -2.06. The molecular weight excluding hydrogens is 234 g/mol. The molecule has 6 nitrogen and oxygen atoms in total. The molecule has 0 aliphatic heterocycles. The number of nitro benzene ring substituents is 1. The fraction of sp³-hybridized carbons (Fsp3) is 0.417. The van der Waals surface area contributed by atoms with Gasteiger partial charge in [-0.3, -0.25) is 14.9 Å². The maximum Gasteiger partial charge on any atom is 0.269 e. The van der Waals surface area contributed by atoms with E-state index < -0.39 is 4.92 Å². The second kappa shape index (κ2) is 7.39. The minimum Gasteiger partial charge on any atom is -0.351 e. The molecule has 0 spiro atoms. The average Bonchev–Trinajstić information content (AvgIpc) is 2.37. The zero-order valence-electron chi connectivity index (χ0n) is 10.3. The van der Waals surface area contributed by atoms with E-state index in [2.05, 4.69) is 10.6 Å². The summed E-state index contributed by atoms with van der Waals surface area (Å²) in [5.41, 5.74) is 0.888. The first-order valence-corrected chi connectivity index (χ1v) is 5.84. The van der Waals surface area contributed by atoms with Crippen molar-refractivity contribution in [2.45, 2.75) is 19.9 Å². The Balaban J connectivity index is 2.34. The summed E-state index contributed by atoms with van der Waals surface area (Å²) >= 11 is 0. The van der Waals surface area contributed by atoms with E-state index in [0.717, 1.165) is 18.5 Å². The van der Waals surface area contributed by atoms with Crippen LogP contribution in [0.3, 0.4) is 0 Å². The van der Waals surface area contributed by atoms with Gasteiger partial charge in [0.1, 0.15) is 0 Å². The van der Waals surface area contributed by atoms with Crippen LogP contribution in [0.2, 0.25) is 0 Å². The standard InChI is InChI=1S/C12H17N3O3/c1-2-7-13-9-12(16)14-8-10-3-5-11(6-4-10)15(17)18/h3-6,13H,2,7-9H2,1H3,(H,14,16). The molecule has 18 heavy (non-hydrogen) atoms. The average molecular weight is 251 g/mol. The van der Waals surface area contributed by atoms with Crippen LogP contribution in [0.15, 0.2) is 24.3 Å². The van der Waals surface area contributed by atoms with Crippen LogP contribution < -0.4 is 10.6 Å². The van der Waals surface area contributed by atoms with Gasteiger partial charge in [-0.25, -0.2) is 0 Å². The van der Waals surface area contributed by atoms with Gasteiger partial charge in [0.2, 0.25) is 5.91 Å². The van der Waals surface area contributed by atoms with Crippen molar-refractivity contribution in [3.8, 4) is 0 Å². The largest absolute Gasteiger partial charge is 0.351 e. The van der Waals surface area contributed by atoms with Crippen molar-refractivity contribution < 1.29 is 9.72 Å². The Morgan fingerprint density at radius 1 is 1.33 bits per heavy atom. The summed E-state index contributed by atoms with van der Waals surface area (Å²) in [4.78, 5) is 21.4. The van der Waals surface area contributed by atoms with E-state index in [9.17, 15) is 14.9 Å². The molecule has 0 radical (unpaired) electrons. The van der Waals surface area contributed by atoms with Gasteiger partial charge in [0.25, 0.3) is 5.69 Å². The van der Waals surface area contributed by atoms with Gasteiger partial charge in [0.05, 0.1) is 11.5 Å². The van der Waals surface area contributed by atoms with E-state index in [4.69, 9.17) is 0 Å². The van der Waals surface area contributed by atoms with Crippen LogP contribution in [0.4, 0.5) is 5.69 Å². The number of benzene rings is 1. The molecule has 0 saturated carbocycles. The Labute approximate surface area is 106 Å². The Kier molecular flexibility index (Phi) is 5.79. The van der Waals surface area contributed by atoms with Crippen molar-refractivity contribution in [1.82, 2.24) is 10.6 Å². The molecule has 1 amide bonds. The maximum atomic E-state index is 11.4. The summed E-state index contributed by atoms with van der Waals surface area (Å²) in [5, 5.41) is 16.2. The quantitative estimate of drug-likeness (QED) is 0.433. The first kappa shape index (κ1) is 14.1. The predicted octanol–water partition coefficient (Wildman–Crippen LogP) is 1.21. The third-order valence-corrected chi connectivity index (χ3v) is 2.35. The van der Waals surface area contributed by atoms with Crippen molar-refractivity contribution in [2.75, 3.05) is 13.1 Å². The van der Waals surface area contributed by atoms with Gasteiger partial charge in [0, 0.05) is 18.7 Å². The van der Waals surface area contributed by atoms with Crippen molar-refractivity contribution in [3.63, 3.8) is 0 Å². The molecule has 0 unspecified atom stereocenters. The lowest BCUT2D eigenvalue weighted by molar-refractivity contribution is -0.384. The molecule has 0 saturated heterocycles. The van der Waals surface area contributed by atoms with E-state index in [-0.39, 0.29) is 11.6 Å². The number of rotatable bonds is 7. The second-order valence-corrected chi connectivity index (χ2v) is 3.88. The third kappa shape index (κ3) is 4.92. The Bertz CT molecular complexity index is 404. The number of non-ortho nitro benzene ring substituents is 1. The van der Waals surface area contributed by atoms with Crippen LogP contribution in [0.5, 0.6) is 0 Å². The summed E-state index contributed by atoms with van der Waals surface area (Å²) in [7, 11) is 0. The number of carbonyl (C=O) groups excluding carboxylic acids is 1. The lowest BCUT2D eigenvalue weighted by atomic mass is 10.2. The van der Waals surface area contributed by atoms with Crippen LogP contribution in [0.1, 0.15) is 18.9 Å². The van der Waals surface area contributed by atoms with Crippen molar-refractivity contribution >= 4 is 11.6 Å². The highest BCUT2D eigenvalue weighted by molar-refractivity contribution is 5.77. The van der Waals surface area contributed by atoms with E-state index in [1.807, 2.05) is 6.92 Å². The Morgan fingerprint density at radius 3 is 2.56 bits per heavy atom. The minimum absolute atomic E-state index is 0.0506. The van der Waals surface area contributed by atoms with E-state index in [0.29, 0.717) is 13.1 Å². The molecule has 2 N–H and O–H groups in total. The maximum absolute atomic E-state index is 11.4. The molecule has 98 valence electrons. The SMILES string of the molecule is CCCNCC(=O)NCc1ccc([N+](=O)[O-])cc1. The van der Waals surface area contributed by atoms with Gasteiger partial charge in [-0.15, -0.1) is 0 Å².